The van der Waals surface area contributed by atoms with Crippen LogP contribution in [0.4, 0.5) is 5.82 Å². The van der Waals surface area contributed by atoms with E-state index < -0.39 is 35.2 Å². The lowest BCUT2D eigenvalue weighted by Gasteiger charge is -2.10. The number of nitrogens with two attached hydrogens (primary N) is 1. The maximum Gasteiger partial charge on any atom is 0.348 e. The Hall–Kier alpha value is -3.70. The lowest BCUT2D eigenvalue weighted by Crippen LogP contribution is -2.42. The van der Waals surface area contributed by atoms with Crippen molar-refractivity contribution < 1.29 is 14.3 Å². The normalized spacial score (nSPS) is 11.2. The first kappa shape index (κ1) is 22.5. The van der Waals surface area contributed by atoms with E-state index in [1.54, 1.807) is 29.8 Å². The Morgan fingerprint density at radius 3 is 2.58 bits per heavy atom. The zero-order valence-corrected chi connectivity index (χ0v) is 19.4. The summed E-state index contributed by atoms with van der Waals surface area (Å²) in [5.41, 5.74) is 5.21. The minimum absolute atomic E-state index is 0.250. The summed E-state index contributed by atoms with van der Waals surface area (Å²) < 4.78 is 8.54. The molecule has 1 aromatic carbocycles. The zero-order valence-electron chi connectivity index (χ0n) is 17.8. The minimum Gasteiger partial charge on any atom is -0.453 e. The zero-order chi connectivity index (χ0) is 24.0. The monoisotopic (exact) mass is 487 g/mol. The van der Waals surface area contributed by atoms with Crippen LogP contribution in [0.15, 0.2) is 39.9 Å². The molecule has 0 unspecified atom stereocenters. The number of hydrogen-bond donors (Lipinski definition) is 1. The van der Waals surface area contributed by atoms with Gasteiger partial charge < -0.3 is 10.5 Å². The fourth-order valence-electron chi connectivity index (χ4n) is 3.33. The number of carbonyl (C=O) groups is 2. The van der Waals surface area contributed by atoms with Crippen molar-refractivity contribution in [2.45, 2.75) is 6.92 Å². The van der Waals surface area contributed by atoms with E-state index in [0.717, 1.165) is 25.9 Å². The summed E-state index contributed by atoms with van der Waals surface area (Å²) in [4.78, 5) is 50.4. The van der Waals surface area contributed by atoms with Crippen LogP contribution >= 0.6 is 22.9 Å². The first-order chi connectivity index (χ1) is 15.6. The Kier molecular flexibility index (Phi) is 5.68. The predicted octanol–water partition coefficient (Wildman–Crippen LogP) is 2.07. The van der Waals surface area contributed by atoms with Gasteiger partial charge in [-0.25, -0.2) is 14.3 Å². The number of nitrogens with zero attached hydrogens (tertiary/aromatic N) is 4. The summed E-state index contributed by atoms with van der Waals surface area (Å²) in [7, 11) is 2.57. The molecule has 2 N–H and O–H groups in total. The molecule has 3 heterocycles. The van der Waals surface area contributed by atoms with E-state index in [1.807, 2.05) is 12.1 Å². The molecule has 0 saturated heterocycles. The molecular weight excluding hydrogens is 470 g/mol. The highest BCUT2D eigenvalue weighted by molar-refractivity contribution is 7.20. The molecule has 170 valence electrons. The number of thiophene rings is 1. The van der Waals surface area contributed by atoms with E-state index in [1.165, 1.54) is 14.1 Å². The molecule has 0 saturated carbocycles. The van der Waals surface area contributed by atoms with Gasteiger partial charge in [0.1, 0.15) is 21.1 Å². The lowest BCUT2D eigenvalue weighted by atomic mass is 10.2. The summed E-state index contributed by atoms with van der Waals surface area (Å²) >= 11 is 7.43. The third kappa shape index (κ3) is 3.74. The molecule has 33 heavy (non-hydrogen) atoms. The van der Waals surface area contributed by atoms with Crippen LogP contribution in [0, 0.1) is 6.92 Å². The van der Waals surface area contributed by atoms with Crippen molar-refractivity contribution in [3.8, 4) is 5.69 Å². The van der Waals surface area contributed by atoms with E-state index in [4.69, 9.17) is 22.1 Å². The smallest absolute Gasteiger partial charge is 0.348 e. The second-order valence-corrected chi connectivity index (χ2v) is 8.68. The Labute approximate surface area is 195 Å². The van der Waals surface area contributed by atoms with Crippen LogP contribution in [-0.2, 0) is 18.8 Å². The molecule has 4 rings (SSSR count). The van der Waals surface area contributed by atoms with E-state index in [2.05, 4.69) is 5.10 Å². The molecule has 0 amide bonds. The highest BCUT2D eigenvalue weighted by atomic mass is 35.5. The van der Waals surface area contributed by atoms with Crippen LogP contribution in [0.2, 0.25) is 5.02 Å². The maximum atomic E-state index is 12.6. The summed E-state index contributed by atoms with van der Waals surface area (Å²) in [6, 6.07) is 8.81. The number of aromatic nitrogens is 4. The van der Waals surface area contributed by atoms with Crippen LogP contribution in [0.1, 0.15) is 25.7 Å². The number of halogens is 1. The number of para-hydroxylation sites is 1. The Morgan fingerprint density at radius 1 is 1.18 bits per heavy atom. The summed E-state index contributed by atoms with van der Waals surface area (Å²) in [6.45, 7) is 1.10. The number of fused-ring (bicyclic) bond motifs is 1. The Bertz CT molecular complexity index is 1560. The molecule has 0 aliphatic heterocycles. The second-order valence-electron chi connectivity index (χ2n) is 7.24. The van der Waals surface area contributed by atoms with Crippen LogP contribution in [0.5, 0.6) is 0 Å². The third-order valence-corrected chi connectivity index (χ3v) is 6.56. The van der Waals surface area contributed by atoms with Crippen LogP contribution in [0.25, 0.3) is 15.9 Å². The Balaban J connectivity index is 1.61. The third-order valence-electron chi connectivity index (χ3n) is 5.15. The van der Waals surface area contributed by atoms with Crippen molar-refractivity contribution in [2.75, 3.05) is 12.3 Å². The topological polar surface area (TPSA) is 131 Å². The number of anilines is 1. The van der Waals surface area contributed by atoms with Gasteiger partial charge in [-0.15, -0.1) is 11.3 Å². The molecule has 0 atom stereocenters. The van der Waals surface area contributed by atoms with Gasteiger partial charge >= 0.3 is 11.7 Å². The first-order valence-corrected chi connectivity index (χ1v) is 10.8. The number of ketones is 1. The molecule has 12 heteroatoms. The Morgan fingerprint density at radius 2 is 1.88 bits per heavy atom. The molecule has 0 spiro atoms. The summed E-state index contributed by atoms with van der Waals surface area (Å²) in [5, 5.41) is 5.74. The van der Waals surface area contributed by atoms with Gasteiger partial charge in [-0.3, -0.25) is 18.7 Å². The van der Waals surface area contributed by atoms with Crippen LogP contribution < -0.4 is 17.0 Å². The number of rotatable bonds is 5. The average molecular weight is 488 g/mol. The van der Waals surface area contributed by atoms with Gasteiger partial charge in [-0.05, 0) is 25.1 Å². The number of nitrogen functional groups attached to an aromatic ring is 1. The molecule has 0 aliphatic rings. The van der Waals surface area contributed by atoms with Crippen molar-refractivity contribution in [1.29, 1.82) is 0 Å². The van der Waals surface area contributed by atoms with Crippen molar-refractivity contribution in [1.82, 2.24) is 18.9 Å². The molecule has 3 aromatic heterocycles. The molecule has 0 fully saturated rings. The fraction of sp³-hybridized carbons (Fsp3) is 0.190. The molecule has 10 nitrogen and oxygen atoms in total. The van der Waals surface area contributed by atoms with E-state index >= 15 is 0 Å². The van der Waals surface area contributed by atoms with Crippen molar-refractivity contribution >= 4 is 50.7 Å². The van der Waals surface area contributed by atoms with Gasteiger partial charge in [0.25, 0.3) is 5.56 Å². The average Bonchev–Trinajstić information content (AvgIpc) is 3.36. The quantitative estimate of drug-likeness (QED) is 0.336. The number of hydrogen-bond acceptors (Lipinski definition) is 8. The maximum absolute atomic E-state index is 12.6. The number of Topliss-reactive ketones (excluding diaryl/α,β-unsaturated/α-hetero) is 1. The van der Waals surface area contributed by atoms with Crippen molar-refractivity contribution in [2.24, 2.45) is 14.1 Å². The lowest BCUT2D eigenvalue weighted by molar-refractivity contribution is 0.0479. The van der Waals surface area contributed by atoms with Gasteiger partial charge in [-0.2, -0.15) is 5.10 Å². The predicted molar refractivity (Wildman–Crippen MR) is 125 cm³/mol. The second kappa shape index (κ2) is 8.34. The molecule has 4 aromatic rings. The standard InChI is InChI=1S/C21H18ClN5O5S/c1-10-11-8-15(33-19(11)27(24-10)13-7-5-4-6-12(13)22)20(30)32-9-14(28)16-17(23)25(2)21(31)26(3)18(16)29/h4-8H,9,23H2,1-3H3. The van der Waals surface area contributed by atoms with Gasteiger partial charge in [0.2, 0.25) is 5.78 Å². The van der Waals surface area contributed by atoms with Gasteiger partial charge in [0, 0.05) is 19.5 Å². The van der Waals surface area contributed by atoms with Gasteiger partial charge in [-0.1, -0.05) is 23.7 Å². The first-order valence-electron chi connectivity index (χ1n) is 9.61. The number of esters is 1. The highest BCUT2D eigenvalue weighted by Gasteiger charge is 2.23. The number of aryl methyl sites for hydroxylation is 1. The number of benzene rings is 1. The molecule has 0 bridgehead atoms. The summed E-state index contributed by atoms with van der Waals surface area (Å²) in [6.07, 6.45) is 0. The molecule has 0 aliphatic carbocycles. The summed E-state index contributed by atoms with van der Waals surface area (Å²) in [5.74, 6) is -1.84. The van der Waals surface area contributed by atoms with E-state index in [9.17, 15) is 19.2 Å². The van der Waals surface area contributed by atoms with Gasteiger partial charge in [0.05, 0.1) is 16.4 Å². The SMILES string of the molecule is Cc1nn(-c2ccccc2Cl)c2sc(C(=O)OCC(=O)c3c(N)n(C)c(=O)n(C)c3=O)cc12. The van der Waals surface area contributed by atoms with Crippen molar-refractivity contribution in [3.05, 3.63) is 72.3 Å². The van der Waals surface area contributed by atoms with Crippen LogP contribution in [-0.4, -0.2) is 37.3 Å². The number of ether oxygens (including phenoxy) is 1. The fourth-order valence-corrected chi connectivity index (χ4v) is 4.62. The minimum atomic E-state index is -0.853. The molecule has 0 radical (unpaired) electrons. The largest absolute Gasteiger partial charge is 0.453 e. The van der Waals surface area contributed by atoms with Crippen molar-refractivity contribution in [3.63, 3.8) is 0 Å². The van der Waals surface area contributed by atoms with E-state index in [-0.39, 0.29) is 10.7 Å². The highest BCUT2D eigenvalue weighted by Crippen LogP contribution is 2.32. The van der Waals surface area contributed by atoms with Crippen LogP contribution in [0.3, 0.4) is 0 Å². The van der Waals surface area contributed by atoms with Gasteiger partial charge in [0.15, 0.2) is 6.61 Å². The number of carbonyl (C=O) groups excluding carboxylic acids is 2. The molecular formula is C21H18ClN5O5S. The van der Waals surface area contributed by atoms with E-state index in [0.29, 0.717) is 21.2 Å².